The number of hydrogen-bond acceptors (Lipinski definition) is 6. The van der Waals surface area contributed by atoms with E-state index in [2.05, 4.69) is 15.7 Å². The SMILES string of the molecule is CC(C)CN(CCC(=O)O)C(=O)C(CC(=O)O)NC(=O)NCCCCc1ccc(C=NN)cc1. The van der Waals surface area contributed by atoms with Crippen LogP contribution in [0.15, 0.2) is 29.4 Å². The predicted octanol–water partition coefficient (Wildman–Crippen LogP) is 1.40. The van der Waals surface area contributed by atoms with Crippen LogP contribution in [0.4, 0.5) is 4.79 Å². The van der Waals surface area contributed by atoms with Crippen LogP contribution in [0.5, 0.6) is 0 Å². The van der Waals surface area contributed by atoms with Crippen molar-refractivity contribution in [2.24, 2.45) is 16.9 Å². The van der Waals surface area contributed by atoms with Gasteiger partial charge in [0.25, 0.3) is 0 Å². The number of unbranched alkanes of at least 4 members (excludes halogenated alkanes) is 1. The van der Waals surface area contributed by atoms with Crippen LogP contribution in [0.2, 0.25) is 0 Å². The Morgan fingerprint density at radius 1 is 1.09 bits per heavy atom. The number of carboxylic acids is 2. The van der Waals surface area contributed by atoms with Gasteiger partial charge in [-0.3, -0.25) is 14.4 Å². The summed E-state index contributed by atoms with van der Waals surface area (Å²) in [4.78, 5) is 48.6. The fourth-order valence-corrected chi connectivity index (χ4v) is 3.28. The van der Waals surface area contributed by atoms with Crippen molar-refractivity contribution in [3.8, 4) is 0 Å². The van der Waals surface area contributed by atoms with E-state index in [1.807, 2.05) is 38.1 Å². The lowest BCUT2D eigenvalue weighted by Gasteiger charge is -2.28. The Balaban J connectivity index is 2.55. The predicted molar refractivity (Wildman–Crippen MR) is 127 cm³/mol. The van der Waals surface area contributed by atoms with Crippen molar-refractivity contribution >= 4 is 30.1 Å². The molecule has 1 atom stereocenters. The summed E-state index contributed by atoms with van der Waals surface area (Å²) in [5, 5.41) is 26.7. The number of rotatable bonds is 15. The number of carboxylic acid groups (broad SMARTS) is 2. The number of aliphatic carboxylic acids is 2. The molecule has 0 aromatic heterocycles. The molecule has 0 aliphatic heterocycles. The van der Waals surface area contributed by atoms with Crippen LogP contribution in [0, 0.1) is 5.92 Å². The van der Waals surface area contributed by atoms with E-state index < -0.39 is 36.3 Å². The number of urea groups is 1. The Morgan fingerprint density at radius 2 is 1.76 bits per heavy atom. The first-order valence-electron chi connectivity index (χ1n) is 11.2. The van der Waals surface area contributed by atoms with Crippen molar-refractivity contribution in [1.82, 2.24) is 15.5 Å². The summed E-state index contributed by atoms with van der Waals surface area (Å²) in [6.07, 6.45) is 3.02. The van der Waals surface area contributed by atoms with Crippen LogP contribution >= 0.6 is 0 Å². The van der Waals surface area contributed by atoms with Gasteiger partial charge in [0, 0.05) is 19.6 Å². The van der Waals surface area contributed by atoms with E-state index in [0.717, 1.165) is 24.0 Å². The van der Waals surface area contributed by atoms with Crippen LogP contribution in [0.25, 0.3) is 0 Å². The first kappa shape index (κ1) is 28.4. The molecule has 0 saturated heterocycles. The van der Waals surface area contributed by atoms with Crippen LogP contribution < -0.4 is 16.5 Å². The third-order valence-electron chi connectivity index (χ3n) is 4.86. The highest BCUT2D eigenvalue weighted by Crippen LogP contribution is 2.08. The number of carbonyl (C=O) groups is 4. The van der Waals surface area contributed by atoms with Gasteiger partial charge in [-0.15, -0.1) is 0 Å². The van der Waals surface area contributed by atoms with E-state index in [1.54, 1.807) is 6.21 Å². The number of carbonyl (C=O) groups excluding carboxylic acids is 2. The van der Waals surface area contributed by atoms with Gasteiger partial charge >= 0.3 is 18.0 Å². The number of amides is 3. The molecule has 11 heteroatoms. The Kier molecular flexibility index (Phi) is 12.7. The molecule has 3 amide bonds. The smallest absolute Gasteiger partial charge is 0.315 e. The molecule has 1 aromatic carbocycles. The molecule has 188 valence electrons. The number of nitrogens with zero attached hydrogens (tertiary/aromatic N) is 2. The molecule has 0 spiro atoms. The monoisotopic (exact) mass is 477 g/mol. The van der Waals surface area contributed by atoms with Crippen LogP contribution in [0.1, 0.15) is 50.7 Å². The van der Waals surface area contributed by atoms with E-state index in [4.69, 9.17) is 10.9 Å². The number of benzene rings is 1. The molecule has 0 saturated carbocycles. The van der Waals surface area contributed by atoms with Crippen molar-refractivity contribution in [2.45, 2.75) is 52.0 Å². The number of hydrogen-bond donors (Lipinski definition) is 5. The molecule has 6 N–H and O–H groups in total. The minimum Gasteiger partial charge on any atom is -0.481 e. The van der Waals surface area contributed by atoms with Crippen molar-refractivity contribution in [3.63, 3.8) is 0 Å². The van der Waals surface area contributed by atoms with Gasteiger partial charge in [0.05, 0.1) is 19.1 Å². The second-order valence-electron chi connectivity index (χ2n) is 8.35. The minimum absolute atomic E-state index is 0.0436. The minimum atomic E-state index is -1.29. The van der Waals surface area contributed by atoms with Crippen molar-refractivity contribution in [1.29, 1.82) is 0 Å². The molecule has 0 radical (unpaired) electrons. The molecule has 0 fully saturated rings. The molecule has 1 unspecified atom stereocenters. The summed E-state index contributed by atoms with van der Waals surface area (Å²) >= 11 is 0. The van der Waals surface area contributed by atoms with Gasteiger partial charge in [0.15, 0.2) is 0 Å². The highest BCUT2D eigenvalue weighted by atomic mass is 16.4. The van der Waals surface area contributed by atoms with Gasteiger partial charge in [-0.2, -0.15) is 5.10 Å². The molecule has 11 nitrogen and oxygen atoms in total. The average Bonchev–Trinajstić information content (AvgIpc) is 2.76. The molecule has 0 aliphatic rings. The average molecular weight is 478 g/mol. The normalized spacial score (nSPS) is 11.9. The van der Waals surface area contributed by atoms with Crippen LogP contribution in [-0.2, 0) is 20.8 Å². The Labute approximate surface area is 199 Å². The van der Waals surface area contributed by atoms with Gasteiger partial charge in [0.1, 0.15) is 6.04 Å². The van der Waals surface area contributed by atoms with E-state index >= 15 is 0 Å². The molecule has 1 rings (SSSR count). The van der Waals surface area contributed by atoms with Gasteiger partial charge < -0.3 is 31.6 Å². The van der Waals surface area contributed by atoms with E-state index in [1.165, 1.54) is 4.90 Å². The largest absolute Gasteiger partial charge is 0.481 e. The van der Waals surface area contributed by atoms with E-state index in [-0.39, 0.29) is 25.4 Å². The highest BCUT2D eigenvalue weighted by Gasteiger charge is 2.28. The second kappa shape index (κ2) is 15.3. The van der Waals surface area contributed by atoms with Crippen molar-refractivity contribution < 1.29 is 29.4 Å². The zero-order valence-electron chi connectivity index (χ0n) is 19.7. The molecule has 34 heavy (non-hydrogen) atoms. The molecule has 0 bridgehead atoms. The highest BCUT2D eigenvalue weighted by molar-refractivity contribution is 5.90. The van der Waals surface area contributed by atoms with Gasteiger partial charge in [-0.1, -0.05) is 38.1 Å². The number of nitrogens with one attached hydrogen (secondary N) is 2. The Bertz CT molecular complexity index is 841. The topological polar surface area (TPSA) is 174 Å². The van der Waals surface area contributed by atoms with Crippen LogP contribution in [0.3, 0.4) is 0 Å². The lowest BCUT2D eigenvalue weighted by molar-refractivity contribution is -0.144. The Hall–Kier alpha value is -3.63. The fraction of sp³-hybridized carbons (Fsp3) is 0.522. The summed E-state index contributed by atoms with van der Waals surface area (Å²) in [7, 11) is 0. The van der Waals surface area contributed by atoms with E-state index in [9.17, 15) is 24.3 Å². The van der Waals surface area contributed by atoms with Crippen molar-refractivity contribution in [3.05, 3.63) is 35.4 Å². The lowest BCUT2D eigenvalue weighted by Crippen LogP contribution is -2.53. The van der Waals surface area contributed by atoms with Gasteiger partial charge in [-0.25, -0.2) is 4.79 Å². The second-order valence-corrected chi connectivity index (χ2v) is 8.35. The van der Waals surface area contributed by atoms with Crippen molar-refractivity contribution in [2.75, 3.05) is 19.6 Å². The molecule has 0 aliphatic carbocycles. The Morgan fingerprint density at radius 3 is 2.32 bits per heavy atom. The third-order valence-corrected chi connectivity index (χ3v) is 4.86. The maximum absolute atomic E-state index is 12.9. The lowest BCUT2D eigenvalue weighted by atomic mass is 10.1. The number of hydrazone groups is 1. The van der Waals surface area contributed by atoms with Gasteiger partial charge in [0.2, 0.25) is 5.91 Å². The summed E-state index contributed by atoms with van der Waals surface area (Å²) < 4.78 is 0. The molecular weight excluding hydrogens is 442 g/mol. The zero-order valence-corrected chi connectivity index (χ0v) is 19.7. The molecular formula is C23H35N5O6. The van der Waals surface area contributed by atoms with Gasteiger partial charge in [-0.05, 0) is 36.3 Å². The molecule has 1 aromatic rings. The summed E-state index contributed by atoms with van der Waals surface area (Å²) in [6, 6.07) is 5.85. The van der Waals surface area contributed by atoms with Crippen LogP contribution in [-0.4, -0.2) is 70.9 Å². The number of nitrogens with two attached hydrogens (primary N) is 1. The zero-order chi connectivity index (χ0) is 25.5. The summed E-state index contributed by atoms with van der Waals surface area (Å²) in [5.41, 5.74) is 2.04. The maximum atomic E-state index is 12.9. The number of aryl methyl sites for hydroxylation is 1. The maximum Gasteiger partial charge on any atom is 0.315 e. The first-order chi connectivity index (χ1) is 16.1. The third kappa shape index (κ3) is 11.8. The quantitative estimate of drug-likeness (QED) is 0.110. The standard InChI is InChI=1S/C23H35N5O6/c1-16(2)15-28(12-10-20(29)30)22(33)19(13-21(31)32)27-23(34)25-11-4-3-5-17-6-8-18(9-7-17)14-26-24/h6-9,14,16,19H,3-5,10-13,15,24H2,1-2H3,(H,29,30)(H,31,32)(H2,25,27,34). The van der Waals surface area contributed by atoms with E-state index in [0.29, 0.717) is 13.0 Å². The summed E-state index contributed by atoms with van der Waals surface area (Å²) in [6.45, 7) is 4.26. The molecule has 0 heterocycles. The first-order valence-corrected chi connectivity index (χ1v) is 11.2. The fourth-order valence-electron chi connectivity index (χ4n) is 3.28. The summed E-state index contributed by atoms with van der Waals surface area (Å²) in [5.74, 6) is 2.24.